The van der Waals surface area contributed by atoms with E-state index in [1.807, 2.05) is 0 Å². The van der Waals surface area contributed by atoms with E-state index in [1.54, 1.807) is 7.05 Å². The number of rotatable bonds is 5. The van der Waals surface area contributed by atoms with Crippen LogP contribution in [0.1, 0.15) is 5.82 Å². The molecule has 0 saturated carbocycles. The Morgan fingerprint density at radius 2 is 2.22 bits per heavy atom. The summed E-state index contributed by atoms with van der Waals surface area (Å²) in [5.41, 5.74) is 5.62. The highest BCUT2D eigenvalue weighted by molar-refractivity contribution is 5.70. The number of hydrogen-bond acceptors (Lipinski definition) is 7. The molecule has 0 amide bonds. The number of nitrogens with zero attached hydrogens (tertiary/aromatic N) is 3. The molecule has 0 aliphatic heterocycles. The van der Waals surface area contributed by atoms with Crippen molar-refractivity contribution in [2.24, 2.45) is 5.73 Å². The number of imidazole rings is 1. The molecule has 18 heavy (non-hydrogen) atoms. The zero-order valence-corrected chi connectivity index (χ0v) is 9.80. The van der Waals surface area contributed by atoms with E-state index in [1.165, 1.54) is 5.06 Å². The van der Waals surface area contributed by atoms with Crippen LogP contribution in [0.25, 0.3) is 11.2 Å². The quantitative estimate of drug-likeness (QED) is 0.475. The predicted octanol–water partition coefficient (Wildman–Crippen LogP) is -1.53. The minimum absolute atomic E-state index is 0.104. The Bertz CT molecular complexity index is 591. The molecule has 2 aromatic rings. The topological polar surface area (TPSA) is 133 Å². The van der Waals surface area contributed by atoms with Gasteiger partial charge in [-0.15, -0.1) is 0 Å². The van der Waals surface area contributed by atoms with Gasteiger partial charge in [0.2, 0.25) is 5.95 Å². The van der Waals surface area contributed by atoms with Gasteiger partial charge in [0.25, 0.3) is 5.56 Å². The zero-order chi connectivity index (χ0) is 13.1. The summed E-state index contributed by atoms with van der Waals surface area (Å²) in [5.74, 6) is 0.690. The first-order chi connectivity index (χ1) is 8.65. The highest BCUT2D eigenvalue weighted by Crippen LogP contribution is 2.08. The Morgan fingerprint density at radius 1 is 1.44 bits per heavy atom. The number of nitrogens with two attached hydrogens (primary N) is 1. The van der Waals surface area contributed by atoms with E-state index in [0.29, 0.717) is 5.82 Å². The summed E-state index contributed by atoms with van der Waals surface area (Å²) in [4.78, 5) is 30.4. The zero-order valence-electron chi connectivity index (χ0n) is 9.80. The molecule has 9 nitrogen and oxygen atoms in total. The maximum atomic E-state index is 11.8. The normalized spacial score (nSPS) is 11.1. The van der Waals surface area contributed by atoms with Crippen LogP contribution in [-0.4, -0.2) is 45.3 Å². The number of anilines is 1. The molecule has 0 aliphatic carbocycles. The molecule has 2 rings (SSSR count). The number of aliphatic hydroxyl groups excluding tert-OH is 1. The van der Waals surface area contributed by atoms with Gasteiger partial charge >= 0.3 is 0 Å². The maximum Gasteiger partial charge on any atom is 0.278 e. The van der Waals surface area contributed by atoms with Crippen LogP contribution in [0.5, 0.6) is 0 Å². The Labute approximate surface area is 102 Å². The number of fused-ring (bicyclic) bond motifs is 1. The van der Waals surface area contributed by atoms with Crippen LogP contribution in [0.15, 0.2) is 4.79 Å². The van der Waals surface area contributed by atoms with E-state index in [4.69, 9.17) is 15.7 Å². The molecule has 0 spiro atoms. The molecular weight excluding hydrogens is 240 g/mol. The first-order valence-corrected chi connectivity index (χ1v) is 5.32. The fourth-order valence-electron chi connectivity index (χ4n) is 1.43. The smallest absolute Gasteiger partial charge is 0.278 e. The van der Waals surface area contributed by atoms with Crippen molar-refractivity contribution in [3.63, 3.8) is 0 Å². The first kappa shape index (κ1) is 12.5. The third-order valence-corrected chi connectivity index (χ3v) is 2.27. The summed E-state index contributed by atoms with van der Waals surface area (Å²) in [7, 11) is 1.57. The van der Waals surface area contributed by atoms with E-state index in [0.717, 1.165) is 0 Å². The van der Waals surface area contributed by atoms with Gasteiger partial charge < -0.3 is 15.8 Å². The predicted molar refractivity (Wildman–Crippen MR) is 63.8 cm³/mol. The summed E-state index contributed by atoms with van der Waals surface area (Å²) in [6.45, 7) is 0.172. The molecule has 2 heterocycles. The average molecular weight is 254 g/mol. The number of H-pyrrole nitrogens is 2. The van der Waals surface area contributed by atoms with Crippen LogP contribution in [0.4, 0.5) is 5.95 Å². The lowest BCUT2D eigenvalue weighted by Crippen LogP contribution is -2.25. The minimum Gasteiger partial charge on any atom is -0.394 e. The van der Waals surface area contributed by atoms with Gasteiger partial charge in [-0.05, 0) is 0 Å². The van der Waals surface area contributed by atoms with Crippen molar-refractivity contribution in [1.82, 2.24) is 19.9 Å². The summed E-state index contributed by atoms with van der Waals surface area (Å²) in [5, 5.41) is 9.91. The first-order valence-electron chi connectivity index (χ1n) is 5.32. The van der Waals surface area contributed by atoms with E-state index in [-0.39, 0.29) is 42.4 Å². The van der Waals surface area contributed by atoms with Gasteiger partial charge in [-0.25, -0.2) is 10.0 Å². The molecule has 0 bridgehead atoms. The van der Waals surface area contributed by atoms with Crippen LogP contribution >= 0.6 is 0 Å². The van der Waals surface area contributed by atoms with Crippen LogP contribution in [0.2, 0.25) is 0 Å². The van der Waals surface area contributed by atoms with E-state index >= 15 is 0 Å². The van der Waals surface area contributed by atoms with Crippen molar-refractivity contribution in [3.05, 3.63) is 16.2 Å². The largest absolute Gasteiger partial charge is 0.394 e. The molecule has 5 N–H and O–H groups in total. The standard InChI is InChI=1S/C9H14N6O3/c1-15(18-3-2-16)9-13-7-6(8(17)14-9)11-5(4-10)12-7/h16H,2-4,10H2,1H3,(H2,11,12,13,14,17). The third-order valence-electron chi connectivity index (χ3n) is 2.27. The SMILES string of the molecule is CN(OCCO)c1nc2nc(CN)[nH]c2c(=O)[nH]1. The van der Waals surface area contributed by atoms with Crippen molar-refractivity contribution in [1.29, 1.82) is 0 Å². The number of hydrogen-bond donors (Lipinski definition) is 4. The van der Waals surface area contributed by atoms with Gasteiger partial charge in [-0.2, -0.15) is 4.98 Å². The summed E-state index contributed by atoms with van der Waals surface area (Å²) >= 11 is 0. The number of nitrogens with one attached hydrogen (secondary N) is 2. The number of aromatic nitrogens is 4. The van der Waals surface area contributed by atoms with Gasteiger partial charge in [0, 0.05) is 7.05 Å². The minimum atomic E-state index is -0.360. The summed E-state index contributed by atoms with van der Waals surface area (Å²) in [6.07, 6.45) is 0. The average Bonchev–Trinajstić information content (AvgIpc) is 2.79. The number of aliphatic hydroxyl groups is 1. The monoisotopic (exact) mass is 254 g/mol. The summed E-state index contributed by atoms with van der Waals surface area (Å²) < 4.78 is 0. The Hall–Kier alpha value is -1.97. The van der Waals surface area contributed by atoms with Gasteiger partial charge in [-0.3, -0.25) is 14.6 Å². The fraction of sp³-hybridized carbons (Fsp3) is 0.444. The molecule has 0 atom stereocenters. The van der Waals surface area contributed by atoms with E-state index in [2.05, 4.69) is 19.9 Å². The Morgan fingerprint density at radius 3 is 2.89 bits per heavy atom. The second kappa shape index (κ2) is 5.12. The molecule has 98 valence electrons. The Kier molecular flexibility index (Phi) is 3.55. The van der Waals surface area contributed by atoms with Gasteiger partial charge in [0.1, 0.15) is 5.82 Å². The molecule has 9 heteroatoms. The molecule has 0 radical (unpaired) electrons. The van der Waals surface area contributed by atoms with Gasteiger partial charge in [-0.1, -0.05) is 0 Å². The number of aromatic amines is 2. The lowest BCUT2D eigenvalue weighted by atomic mass is 10.5. The lowest BCUT2D eigenvalue weighted by molar-refractivity contribution is 0.0801. The van der Waals surface area contributed by atoms with E-state index < -0.39 is 0 Å². The van der Waals surface area contributed by atoms with Crippen molar-refractivity contribution in [2.45, 2.75) is 6.54 Å². The number of hydroxylamine groups is 1. The van der Waals surface area contributed by atoms with Crippen molar-refractivity contribution >= 4 is 17.1 Å². The molecule has 0 unspecified atom stereocenters. The summed E-state index contributed by atoms with van der Waals surface area (Å²) in [6, 6.07) is 0. The second-order valence-electron chi connectivity index (χ2n) is 3.53. The van der Waals surface area contributed by atoms with Gasteiger partial charge in [0.15, 0.2) is 11.2 Å². The Balaban J connectivity index is 2.38. The highest BCUT2D eigenvalue weighted by Gasteiger charge is 2.11. The molecule has 0 fully saturated rings. The molecule has 0 saturated heterocycles. The van der Waals surface area contributed by atoms with Crippen molar-refractivity contribution in [2.75, 3.05) is 25.3 Å². The van der Waals surface area contributed by atoms with Crippen LogP contribution in [0.3, 0.4) is 0 Å². The maximum absolute atomic E-state index is 11.8. The van der Waals surface area contributed by atoms with Gasteiger partial charge in [0.05, 0.1) is 19.8 Å². The second-order valence-corrected chi connectivity index (χ2v) is 3.53. The molecular formula is C9H14N6O3. The molecule has 0 aliphatic rings. The van der Waals surface area contributed by atoms with Crippen molar-refractivity contribution in [3.8, 4) is 0 Å². The van der Waals surface area contributed by atoms with Crippen molar-refractivity contribution < 1.29 is 9.94 Å². The lowest BCUT2D eigenvalue weighted by Gasteiger charge is -2.15. The fourth-order valence-corrected chi connectivity index (χ4v) is 1.43. The third kappa shape index (κ3) is 2.32. The van der Waals surface area contributed by atoms with Crippen LogP contribution < -0.4 is 16.4 Å². The highest BCUT2D eigenvalue weighted by atomic mass is 16.7. The molecule has 0 aromatic carbocycles. The van der Waals surface area contributed by atoms with Crippen LogP contribution in [-0.2, 0) is 11.4 Å². The van der Waals surface area contributed by atoms with E-state index in [9.17, 15) is 4.79 Å². The molecule has 2 aromatic heterocycles. The van der Waals surface area contributed by atoms with Crippen LogP contribution in [0, 0.1) is 0 Å².